The topological polar surface area (TPSA) is 27.7 Å². The van der Waals surface area contributed by atoms with Crippen molar-refractivity contribution in [3.05, 3.63) is 0 Å². The van der Waals surface area contributed by atoms with Gasteiger partial charge in [-0.1, -0.05) is 32.6 Å². The molecule has 4 fully saturated rings. The Morgan fingerprint density at radius 1 is 1.05 bits per heavy atom. The van der Waals surface area contributed by atoms with Gasteiger partial charge >= 0.3 is 6.18 Å². The van der Waals surface area contributed by atoms with Crippen molar-refractivity contribution in [2.75, 3.05) is 13.2 Å². The Morgan fingerprint density at radius 3 is 2.19 bits per heavy atom. The molecule has 3 nitrogen and oxygen atoms in total. The van der Waals surface area contributed by atoms with E-state index in [0.717, 1.165) is 32.1 Å². The molecule has 0 aromatic carbocycles. The molecule has 0 amide bonds. The van der Waals surface area contributed by atoms with Gasteiger partial charge in [0.05, 0.1) is 18.6 Å². The van der Waals surface area contributed by atoms with E-state index in [9.17, 15) is 13.2 Å². The predicted octanol–water partition coefficient (Wildman–Crippen LogP) is 4.01. The molecule has 4 aliphatic rings. The first-order valence-electron chi connectivity index (χ1n) is 7.94. The van der Waals surface area contributed by atoms with Crippen molar-refractivity contribution in [1.82, 2.24) is 0 Å². The van der Waals surface area contributed by atoms with Crippen LogP contribution in [0.4, 0.5) is 13.2 Å². The fraction of sp³-hybridized carbons (Fsp3) is 1.00. The average Bonchev–Trinajstić information content (AvgIpc) is 2.48. The van der Waals surface area contributed by atoms with Crippen molar-refractivity contribution in [2.45, 2.75) is 70.1 Å². The van der Waals surface area contributed by atoms with Crippen LogP contribution in [0.15, 0.2) is 0 Å². The highest BCUT2D eigenvalue weighted by Crippen LogP contribution is 2.54. The van der Waals surface area contributed by atoms with Crippen LogP contribution in [0, 0.1) is 11.3 Å². The smallest absolute Gasteiger partial charge is 0.326 e. The number of fused-ring (bicyclic) bond motifs is 3. The van der Waals surface area contributed by atoms with Crippen LogP contribution in [-0.2, 0) is 14.2 Å². The molecule has 1 aliphatic carbocycles. The maximum Gasteiger partial charge on any atom is 0.415 e. The van der Waals surface area contributed by atoms with Crippen molar-refractivity contribution < 1.29 is 27.4 Å². The number of halogens is 3. The summed E-state index contributed by atoms with van der Waals surface area (Å²) in [6.07, 6.45) is -0.348. The Bertz CT molecular complexity index is 369. The maximum atomic E-state index is 13.5. The highest BCUT2D eigenvalue weighted by molar-refractivity contribution is 5.00. The minimum Gasteiger partial charge on any atom is -0.326 e. The fourth-order valence-electron chi connectivity index (χ4n) is 4.06. The van der Waals surface area contributed by atoms with Gasteiger partial charge in [0, 0.05) is 5.92 Å². The van der Waals surface area contributed by atoms with Gasteiger partial charge in [0.1, 0.15) is 0 Å². The maximum absolute atomic E-state index is 13.5. The van der Waals surface area contributed by atoms with Crippen LogP contribution in [-0.4, -0.2) is 31.5 Å². The quantitative estimate of drug-likeness (QED) is 0.788. The van der Waals surface area contributed by atoms with Crippen LogP contribution in [0.3, 0.4) is 0 Å². The Hall–Kier alpha value is -0.330. The molecular weight excluding hydrogens is 285 g/mol. The Labute approximate surface area is 123 Å². The lowest BCUT2D eigenvalue weighted by Crippen LogP contribution is -2.70. The largest absolute Gasteiger partial charge is 0.415 e. The van der Waals surface area contributed by atoms with Crippen LogP contribution < -0.4 is 0 Å². The summed E-state index contributed by atoms with van der Waals surface area (Å²) in [7, 11) is 0. The number of hydrogen-bond donors (Lipinski definition) is 0. The first-order chi connectivity index (χ1) is 9.92. The van der Waals surface area contributed by atoms with Crippen LogP contribution >= 0.6 is 0 Å². The third kappa shape index (κ3) is 2.59. The zero-order chi connectivity index (χ0) is 15.1. The molecule has 0 aromatic heterocycles. The lowest BCUT2D eigenvalue weighted by Gasteiger charge is -2.58. The van der Waals surface area contributed by atoms with E-state index >= 15 is 0 Å². The van der Waals surface area contributed by atoms with E-state index in [1.807, 2.05) is 6.92 Å². The SMILES string of the molecule is CCCC12COC(C3CCCCC3)(OC1)OC2C(F)(F)F. The highest BCUT2D eigenvalue weighted by atomic mass is 19.4. The predicted molar refractivity (Wildman–Crippen MR) is 69.5 cm³/mol. The van der Waals surface area contributed by atoms with E-state index in [1.54, 1.807) is 0 Å². The lowest BCUT2D eigenvalue weighted by atomic mass is 9.75. The molecular formula is C15H23F3O3. The van der Waals surface area contributed by atoms with Crippen LogP contribution in [0.5, 0.6) is 0 Å². The van der Waals surface area contributed by atoms with E-state index in [-0.39, 0.29) is 19.1 Å². The molecule has 0 N–H and O–H groups in total. The summed E-state index contributed by atoms with van der Waals surface area (Å²) in [6, 6.07) is 0. The summed E-state index contributed by atoms with van der Waals surface area (Å²) >= 11 is 0. The van der Waals surface area contributed by atoms with Gasteiger partial charge in [-0.05, 0) is 19.3 Å². The van der Waals surface area contributed by atoms with Crippen molar-refractivity contribution >= 4 is 0 Å². The first-order valence-corrected chi connectivity index (χ1v) is 7.94. The van der Waals surface area contributed by atoms with E-state index in [0.29, 0.717) is 12.8 Å². The van der Waals surface area contributed by atoms with E-state index in [4.69, 9.17) is 14.2 Å². The second-order valence-corrected chi connectivity index (χ2v) is 6.67. The molecule has 0 radical (unpaired) electrons. The van der Waals surface area contributed by atoms with Gasteiger partial charge in [-0.25, -0.2) is 0 Å². The molecule has 3 heterocycles. The van der Waals surface area contributed by atoms with Crippen molar-refractivity contribution in [3.8, 4) is 0 Å². The van der Waals surface area contributed by atoms with Gasteiger partial charge in [0.15, 0.2) is 6.10 Å². The molecule has 0 spiro atoms. The zero-order valence-electron chi connectivity index (χ0n) is 12.4. The van der Waals surface area contributed by atoms with Gasteiger partial charge in [-0.3, -0.25) is 0 Å². The fourth-order valence-corrected chi connectivity index (χ4v) is 4.06. The second kappa shape index (κ2) is 5.39. The summed E-state index contributed by atoms with van der Waals surface area (Å²) in [5.74, 6) is -1.55. The Morgan fingerprint density at radius 2 is 1.67 bits per heavy atom. The normalized spacial score (nSPS) is 41.4. The third-order valence-corrected chi connectivity index (χ3v) is 5.11. The molecule has 3 aliphatic heterocycles. The van der Waals surface area contributed by atoms with Gasteiger partial charge in [0.2, 0.25) is 0 Å². The second-order valence-electron chi connectivity index (χ2n) is 6.67. The van der Waals surface area contributed by atoms with Crippen LogP contribution in [0.25, 0.3) is 0 Å². The first kappa shape index (κ1) is 15.6. The number of hydrogen-bond acceptors (Lipinski definition) is 3. The number of ether oxygens (including phenoxy) is 3. The summed E-state index contributed by atoms with van der Waals surface area (Å²) in [6.45, 7) is 2.04. The summed E-state index contributed by atoms with van der Waals surface area (Å²) in [5, 5.41) is 0. The summed E-state index contributed by atoms with van der Waals surface area (Å²) in [4.78, 5) is 0. The molecule has 1 unspecified atom stereocenters. The third-order valence-electron chi connectivity index (χ3n) is 5.11. The van der Waals surface area contributed by atoms with Crippen molar-refractivity contribution in [2.24, 2.45) is 11.3 Å². The molecule has 3 saturated heterocycles. The number of alkyl halides is 3. The molecule has 1 saturated carbocycles. The van der Waals surface area contributed by atoms with Gasteiger partial charge in [-0.15, -0.1) is 0 Å². The van der Waals surface area contributed by atoms with E-state index in [1.165, 1.54) is 0 Å². The van der Waals surface area contributed by atoms with Crippen molar-refractivity contribution in [1.29, 1.82) is 0 Å². The molecule has 6 heteroatoms. The molecule has 4 rings (SSSR count). The Balaban J connectivity index is 1.85. The molecule has 0 aromatic rings. The van der Waals surface area contributed by atoms with Gasteiger partial charge in [0.25, 0.3) is 5.97 Å². The summed E-state index contributed by atoms with van der Waals surface area (Å²) < 4.78 is 57.3. The van der Waals surface area contributed by atoms with Gasteiger partial charge < -0.3 is 14.2 Å². The Kier molecular flexibility index (Phi) is 3.99. The summed E-state index contributed by atoms with van der Waals surface area (Å²) in [5.41, 5.74) is -1.08. The lowest BCUT2D eigenvalue weighted by molar-refractivity contribution is -0.529. The van der Waals surface area contributed by atoms with E-state index in [2.05, 4.69) is 0 Å². The number of rotatable bonds is 3. The van der Waals surface area contributed by atoms with Gasteiger partial charge in [-0.2, -0.15) is 13.2 Å². The van der Waals surface area contributed by atoms with Crippen molar-refractivity contribution in [3.63, 3.8) is 0 Å². The average molecular weight is 308 g/mol. The minimum atomic E-state index is -4.37. The molecule has 1 atom stereocenters. The van der Waals surface area contributed by atoms with Crippen LogP contribution in [0.2, 0.25) is 0 Å². The molecule has 21 heavy (non-hydrogen) atoms. The minimum absolute atomic E-state index is 0.0848. The molecule has 122 valence electrons. The van der Waals surface area contributed by atoms with Crippen LogP contribution in [0.1, 0.15) is 51.9 Å². The monoisotopic (exact) mass is 308 g/mol. The highest BCUT2D eigenvalue weighted by Gasteiger charge is 2.67. The molecule has 2 bridgehead atoms. The van der Waals surface area contributed by atoms with E-state index < -0.39 is 23.7 Å². The zero-order valence-corrected chi connectivity index (χ0v) is 12.4. The standard InChI is InChI=1S/C15H23F3O3/c1-2-8-13-9-19-15(20-10-13,11-6-4-3-5-7-11)21-12(13)14(16,17)18/h11-12H,2-10H2,1H3.